The Morgan fingerprint density at radius 2 is 1.56 bits per heavy atom. The van der Waals surface area contributed by atoms with Gasteiger partial charge in [0.05, 0.1) is 11.4 Å². The van der Waals surface area contributed by atoms with Crippen molar-refractivity contribution in [2.45, 2.75) is 6.18 Å². The number of hydrogen-bond donors (Lipinski definition) is 4. The van der Waals surface area contributed by atoms with Crippen molar-refractivity contribution in [2.75, 3.05) is 60.4 Å². The van der Waals surface area contributed by atoms with Gasteiger partial charge in [0, 0.05) is 43.4 Å². The Bertz CT molecular complexity index is 1430. The summed E-state index contributed by atoms with van der Waals surface area (Å²) >= 11 is 0. The highest BCUT2D eigenvalue weighted by atomic mass is 19.4. The second-order valence-electron chi connectivity index (χ2n) is 9.13. The van der Waals surface area contributed by atoms with Crippen LogP contribution < -0.4 is 26.2 Å². The molecule has 0 unspecified atom stereocenters. The lowest BCUT2D eigenvalue weighted by Crippen LogP contribution is -2.29. The molecule has 0 bridgehead atoms. The maximum Gasteiger partial charge on any atom is 0.421 e. The summed E-state index contributed by atoms with van der Waals surface area (Å²) < 4.78 is 41.6. The molecule has 0 atom stereocenters. The van der Waals surface area contributed by atoms with Crippen LogP contribution in [0.3, 0.4) is 0 Å². The molecule has 1 heterocycles. The highest BCUT2D eigenvalue weighted by Gasteiger charge is 2.35. The molecule has 3 aromatic rings. The summed E-state index contributed by atoms with van der Waals surface area (Å²) in [6, 6.07) is 11.3. The van der Waals surface area contributed by atoms with E-state index in [9.17, 15) is 22.8 Å². The largest absolute Gasteiger partial charge is 0.421 e. The van der Waals surface area contributed by atoms with Crippen LogP contribution in [0.25, 0.3) is 0 Å². The SMILES string of the molecule is C=CC(=O)Nc1cccc(Nc2ncc(C(F)(F)F)c(Nc3ccc(N(C)CCN(C)C)c(NC(=O)C=C)c3)n2)c1. The zero-order valence-electron chi connectivity index (χ0n) is 22.8. The Balaban J connectivity index is 1.95. The number of anilines is 7. The van der Waals surface area contributed by atoms with Crippen LogP contribution in [0, 0.1) is 0 Å². The van der Waals surface area contributed by atoms with Crippen LogP contribution in [-0.2, 0) is 15.8 Å². The molecular formula is C28H31F3N8O2. The summed E-state index contributed by atoms with van der Waals surface area (Å²) in [4.78, 5) is 35.5. The molecule has 2 amide bonds. The molecule has 0 radical (unpaired) electrons. The minimum absolute atomic E-state index is 0.118. The molecule has 0 fully saturated rings. The van der Waals surface area contributed by atoms with Gasteiger partial charge in [-0.3, -0.25) is 9.59 Å². The number of likely N-dealkylation sites (N-methyl/N-ethyl adjacent to an activating group) is 2. The monoisotopic (exact) mass is 568 g/mol. The molecule has 2 aromatic carbocycles. The number of nitrogens with one attached hydrogen (secondary N) is 4. The molecule has 13 heteroatoms. The molecule has 0 saturated heterocycles. The maximum atomic E-state index is 13.9. The number of carbonyl (C=O) groups excluding carboxylic acids is 2. The van der Waals surface area contributed by atoms with Crippen LogP contribution >= 0.6 is 0 Å². The zero-order valence-corrected chi connectivity index (χ0v) is 22.8. The lowest BCUT2D eigenvalue weighted by atomic mass is 10.2. The van der Waals surface area contributed by atoms with E-state index < -0.39 is 29.4 Å². The number of carbonyl (C=O) groups is 2. The number of benzene rings is 2. The van der Waals surface area contributed by atoms with Gasteiger partial charge in [-0.25, -0.2) is 4.98 Å². The Kier molecular flexibility index (Phi) is 10.0. The number of amides is 2. The lowest BCUT2D eigenvalue weighted by Gasteiger charge is -2.25. The summed E-state index contributed by atoms with van der Waals surface area (Å²) in [6.45, 7) is 8.23. The van der Waals surface area contributed by atoms with Crippen molar-refractivity contribution < 1.29 is 22.8 Å². The standard InChI is InChI=1S/C28H31F3N8O2/c1-6-24(40)33-18-9-8-10-19(15-18)35-27-32-17-21(28(29,30)31)26(37-27)34-20-11-12-23(39(5)14-13-38(3)4)22(16-20)36-25(41)7-2/h6-12,15-17H,1-2,13-14H2,3-5H3,(H,33,40)(H,36,41)(H2,32,34,35,37). The van der Waals surface area contributed by atoms with Crippen molar-refractivity contribution in [1.82, 2.24) is 14.9 Å². The highest BCUT2D eigenvalue weighted by molar-refractivity contribution is 6.02. The van der Waals surface area contributed by atoms with E-state index in [1.807, 2.05) is 30.9 Å². The molecule has 3 rings (SSSR count). The first-order valence-electron chi connectivity index (χ1n) is 12.3. The van der Waals surface area contributed by atoms with E-state index in [1.54, 1.807) is 36.4 Å². The van der Waals surface area contributed by atoms with E-state index in [-0.39, 0.29) is 11.6 Å². The first-order chi connectivity index (χ1) is 19.4. The van der Waals surface area contributed by atoms with Crippen molar-refractivity contribution in [3.63, 3.8) is 0 Å². The van der Waals surface area contributed by atoms with Crippen LogP contribution in [0.1, 0.15) is 5.56 Å². The first-order valence-corrected chi connectivity index (χ1v) is 12.3. The van der Waals surface area contributed by atoms with E-state index in [2.05, 4.69) is 44.4 Å². The normalized spacial score (nSPS) is 11.0. The van der Waals surface area contributed by atoms with Gasteiger partial charge in [0.2, 0.25) is 17.8 Å². The summed E-state index contributed by atoms with van der Waals surface area (Å²) in [6.07, 6.45) is -1.86. The number of aromatic nitrogens is 2. The Hall–Kier alpha value is -4.91. The fourth-order valence-electron chi connectivity index (χ4n) is 3.58. The summed E-state index contributed by atoms with van der Waals surface area (Å²) in [5.74, 6) is -1.51. The van der Waals surface area contributed by atoms with Gasteiger partial charge in [-0.1, -0.05) is 19.2 Å². The quantitative estimate of drug-likeness (QED) is 0.220. The number of nitrogens with zero attached hydrogens (tertiary/aromatic N) is 4. The van der Waals surface area contributed by atoms with Crippen LogP contribution in [0.15, 0.2) is 74.0 Å². The smallest absolute Gasteiger partial charge is 0.372 e. The van der Waals surface area contributed by atoms with E-state index >= 15 is 0 Å². The van der Waals surface area contributed by atoms with Gasteiger partial charge >= 0.3 is 6.18 Å². The average molecular weight is 569 g/mol. The van der Waals surface area contributed by atoms with E-state index in [4.69, 9.17) is 0 Å². The van der Waals surface area contributed by atoms with Gasteiger partial charge in [0.25, 0.3) is 0 Å². The third-order valence-corrected chi connectivity index (χ3v) is 5.66. The van der Waals surface area contributed by atoms with Gasteiger partial charge in [-0.05, 0) is 62.6 Å². The number of alkyl halides is 3. The number of halogens is 3. The minimum Gasteiger partial charge on any atom is -0.372 e. The van der Waals surface area contributed by atoms with Crippen LogP contribution in [0.5, 0.6) is 0 Å². The molecule has 0 spiro atoms. The van der Waals surface area contributed by atoms with Crippen molar-refractivity contribution in [3.05, 3.63) is 79.5 Å². The lowest BCUT2D eigenvalue weighted by molar-refractivity contribution is -0.137. The molecule has 4 N–H and O–H groups in total. The molecule has 0 aliphatic rings. The molecule has 41 heavy (non-hydrogen) atoms. The van der Waals surface area contributed by atoms with Crippen LogP contribution in [-0.4, -0.2) is 60.9 Å². The van der Waals surface area contributed by atoms with Gasteiger partial charge < -0.3 is 31.1 Å². The number of hydrogen-bond acceptors (Lipinski definition) is 8. The molecule has 0 saturated carbocycles. The summed E-state index contributed by atoms with van der Waals surface area (Å²) in [5, 5.41) is 10.9. The Morgan fingerprint density at radius 3 is 2.22 bits per heavy atom. The Morgan fingerprint density at radius 1 is 0.902 bits per heavy atom. The predicted octanol–water partition coefficient (Wildman–Crippen LogP) is 5.23. The third kappa shape index (κ3) is 8.80. The van der Waals surface area contributed by atoms with Gasteiger partial charge in [0.15, 0.2) is 0 Å². The molecule has 0 aliphatic carbocycles. The molecular weight excluding hydrogens is 537 g/mol. The van der Waals surface area contributed by atoms with Crippen molar-refractivity contribution >= 4 is 52.0 Å². The minimum atomic E-state index is -4.75. The molecule has 10 nitrogen and oxygen atoms in total. The molecule has 0 aliphatic heterocycles. The second-order valence-corrected chi connectivity index (χ2v) is 9.13. The van der Waals surface area contributed by atoms with E-state index in [1.165, 1.54) is 6.07 Å². The van der Waals surface area contributed by atoms with Crippen molar-refractivity contribution in [3.8, 4) is 0 Å². The molecule has 216 valence electrons. The summed E-state index contributed by atoms with van der Waals surface area (Å²) in [7, 11) is 5.71. The highest BCUT2D eigenvalue weighted by Crippen LogP contribution is 2.37. The van der Waals surface area contributed by atoms with Crippen LogP contribution in [0.4, 0.5) is 53.4 Å². The first kappa shape index (κ1) is 30.6. The second kappa shape index (κ2) is 13.4. The van der Waals surface area contributed by atoms with E-state index in [0.29, 0.717) is 35.5 Å². The Labute approximate surface area is 236 Å². The topological polar surface area (TPSA) is 115 Å². The molecule has 1 aromatic heterocycles. The van der Waals surface area contributed by atoms with Crippen molar-refractivity contribution in [1.29, 1.82) is 0 Å². The van der Waals surface area contributed by atoms with E-state index in [0.717, 1.165) is 18.7 Å². The van der Waals surface area contributed by atoms with Gasteiger partial charge in [-0.15, -0.1) is 0 Å². The fraction of sp³-hybridized carbons (Fsp3) is 0.214. The zero-order chi connectivity index (χ0) is 30.2. The third-order valence-electron chi connectivity index (χ3n) is 5.66. The number of rotatable bonds is 12. The van der Waals surface area contributed by atoms with Gasteiger partial charge in [-0.2, -0.15) is 18.2 Å². The van der Waals surface area contributed by atoms with Crippen LogP contribution in [0.2, 0.25) is 0 Å². The maximum absolute atomic E-state index is 13.9. The fourth-order valence-corrected chi connectivity index (χ4v) is 3.58. The van der Waals surface area contributed by atoms with Crippen molar-refractivity contribution in [2.24, 2.45) is 0 Å². The summed E-state index contributed by atoms with van der Waals surface area (Å²) in [5.41, 5.74) is 1.07. The predicted molar refractivity (Wildman–Crippen MR) is 156 cm³/mol. The average Bonchev–Trinajstić information content (AvgIpc) is 2.91. The van der Waals surface area contributed by atoms with Gasteiger partial charge in [0.1, 0.15) is 11.4 Å².